The highest BCUT2D eigenvalue weighted by atomic mass is 32.1. The first-order valence-corrected chi connectivity index (χ1v) is 9.90. The predicted molar refractivity (Wildman–Crippen MR) is 114 cm³/mol. The SMILES string of the molecule is CCOc1ccc(/C=N\NC(=O)Cc2nnc(NC(=O)c3cc(=O)[nH]c(=O)[nH]3)s2)cc1O. The number of carbonyl (C=O) groups excluding carboxylic acids is 2. The van der Waals surface area contributed by atoms with Crippen molar-refractivity contribution in [1.29, 1.82) is 0 Å². The van der Waals surface area contributed by atoms with Crippen LogP contribution in [0.15, 0.2) is 39.0 Å². The second-order valence-electron chi connectivity index (χ2n) is 6.09. The zero-order valence-corrected chi connectivity index (χ0v) is 17.4. The standard InChI is InChI=1S/C18H17N7O6S/c1-2-31-12-4-3-9(5-11(12)26)8-19-23-14(28)7-15-24-25-18(32-15)22-16(29)10-6-13(27)21-17(30)20-10/h3-6,8,26H,2,7H2,1H3,(H,23,28)(H,22,25,29)(H2,20,21,27,30)/b19-8-. The number of aromatic nitrogens is 4. The van der Waals surface area contributed by atoms with Crippen LogP contribution in [0.1, 0.15) is 28.0 Å². The number of aromatic hydroxyl groups is 1. The molecule has 0 saturated heterocycles. The Morgan fingerprint density at radius 1 is 1.25 bits per heavy atom. The Balaban J connectivity index is 1.53. The Hall–Kier alpha value is -4.33. The van der Waals surface area contributed by atoms with Crippen LogP contribution in [-0.2, 0) is 11.2 Å². The molecule has 0 aliphatic heterocycles. The van der Waals surface area contributed by atoms with Crippen molar-refractivity contribution in [2.45, 2.75) is 13.3 Å². The molecule has 0 bridgehead atoms. The predicted octanol–water partition coefficient (Wildman–Crippen LogP) is -0.0359. The molecule has 0 aliphatic carbocycles. The number of rotatable bonds is 8. The maximum Gasteiger partial charge on any atom is 0.326 e. The molecule has 2 aromatic heterocycles. The maximum atomic E-state index is 12.1. The number of H-pyrrole nitrogens is 2. The number of nitrogens with one attached hydrogen (secondary N) is 4. The van der Waals surface area contributed by atoms with Crippen molar-refractivity contribution in [3.63, 3.8) is 0 Å². The Morgan fingerprint density at radius 2 is 2.06 bits per heavy atom. The number of phenolic OH excluding ortho intramolecular Hbond substituents is 1. The number of ether oxygens (including phenoxy) is 1. The van der Waals surface area contributed by atoms with Gasteiger partial charge in [0.2, 0.25) is 11.0 Å². The molecule has 2 amide bonds. The number of hydrogen-bond donors (Lipinski definition) is 5. The third kappa shape index (κ3) is 6.09. The molecule has 13 nitrogen and oxygen atoms in total. The molecule has 166 valence electrons. The molecule has 5 N–H and O–H groups in total. The van der Waals surface area contributed by atoms with Crippen LogP contribution in [0.5, 0.6) is 11.5 Å². The molecule has 0 aliphatic rings. The van der Waals surface area contributed by atoms with Crippen LogP contribution < -0.4 is 26.7 Å². The number of amides is 2. The van der Waals surface area contributed by atoms with E-state index in [0.29, 0.717) is 22.9 Å². The summed E-state index contributed by atoms with van der Waals surface area (Å²) in [6.45, 7) is 2.21. The van der Waals surface area contributed by atoms with Crippen LogP contribution in [0.3, 0.4) is 0 Å². The zero-order chi connectivity index (χ0) is 23.1. The smallest absolute Gasteiger partial charge is 0.326 e. The van der Waals surface area contributed by atoms with Gasteiger partial charge in [0, 0.05) is 6.07 Å². The van der Waals surface area contributed by atoms with E-state index in [1.165, 1.54) is 12.3 Å². The van der Waals surface area contributed by atoms with E-state index < -0.39 is 23.1 Å². The van der Waals surface area contributed by atoms with E-state index in [2.05, 4.69) is 31.0 Å². The summed E-state index contributed by atoms with van der Waals surface area (Å²) in [6.07, 6.45) is 1.20. The van der Waals surface area contributed by atoms with Crippen molar-refractivity contribution < 1.29 is 19.4 Å². The number of benzene rings is 1. The van der Waals surface area contributed by atoms with E-state index in [-0.39, 0.29) is 23.0 Å². The molecule has 2 heterocycles. The largest absolute Gasteiger partial charge is 0.504 e. The lowest BCUT2D eigenvalue weighted by Crippen LogP contribution is -2.27. The Morgan fingerprint density at radius 3 is 2.78 bits per heavy atom. The Bertz CT molecular complexity index is 1250. The molecule has 0 radical (unpaired) electrons. The number of nitrogens with zero attached hydrogens (tertiary/aromatic N) is 3. The van der Waals surface area contributed by atoms with Crippen molar-refractivity contribution in [1.82, 2.24) is 25.6 Å². The lowest BCUT2D eigenvalue weighted by Gasteiger charge is -2.05. The highest BCUT2D eigenvalue weighted by Crippen LogP contribution is 2.26. The fraction of sp³-hybridized carbons (Fsp3) is 0.167. The Labute approximate surface area is 183 Å². The van der Waals surface area contributed by atoms with E-state index in [0.717, 1.165) is 17.4 Å². The van der Waals surface area contributed by atoms with Crippen LogP contribution in [0.25, 0.3) is 0 Å². The summed E-state index contributed by atoms with van der Waals surface area (Å²) >= 11 is 0.939. The van der Waals surface area contributed by atoms with E-state index >= 15 is 0 Å². The molecule has 0 fully saturated rings. The second-order valence-corrected chi connectivity index (χ2v) is 7.15. The molecule has 0 spiro atoms. The van der Waals surface area contributed by atoms with Crippen molar-refractivity contribution in [3.8, 4) is 11.5 Å². The second kappa shape index (κ2) is 10.1. The van der Waals surface area contributed by atoms with Crippen molar-refractivity contribution in [3.05, 3.63) is 61.4 Å². The van der Waals surface area contributed by atoms with E-state index in [1.807, 2.05) is 4.98 Å². The number of phenols is 1. The first kappa shape index (κ1) is 22.4. The van der Waals surface area contributed by atoms with E-state index in [4.69, 9.17) is 4.74 Å². The molecular formula is C18H17N7O6S. The van der Waals surface area contributed by atoms with E-state index in [1.54, 1.807) is 19.1 Å². The zero-order valence-electron chi connectivity index (χ0n) is 16.5. The Kier molecular flexibility index (Phi) is 7.07. The third-order valence-electron chi connectivity index (χ3n) is 3.69. The molecule has 3 aromatic rings. The first-order chi connectivity index (χ1) is 15.3. The minimum Gasteiger partial charge on any atom is -0.504 e. The van der Waals surface area contributed by atoms with Crippen molar-refractivity contribution >= 4 is 34.5 Å². The average molecular weight is 459 g/mol. The number of hydrazone groups is 1. The van der Waals surface area contributed by atoms with Crippen molar-refractivity contribution in [2.24, 2.45) is 5.10 Å². The van der Waals surface area contributed by atoms with Gasteiger partial charge >= 0.3 is 5.69 Å². The number of anilines is 1. The average Bonchev–Trinajstić information content (AvgIpc) is 3.16. The molecular weight excluding hydrogens is 442 g/mol. The molecule has 32 heavy (non-hydrogen) atoms. The summed E-state index contributed by atoms with van der Waals surface area (Å²) in [5.41, 5.74) is 1.07. The number of aromatic amines is 2. The van der Waals surface area contributed by atoms with Gasteiger partial charge in [0.15, 0.2) is 11.5 Å². The molecule has 0 atom stereocenters. The fourth-order valence-corrected chi connectivity index (χ4v) is 3.11. The van der Waals surface area contributed by atoms with Gasteiger partial charge in [0.25, 0.3) is 11.5 Å². The summed E-state index contributed by atoms with van der Waals surface area (Å²) in [6, 6.07) is 5.61. The number of carbonyl (C=O) groups is 2. The third-order valence-corrected chi connectivity index (χ3v) is 4.53. The van der Waals surface area contributed by atoms with Gasteiger partial charge in [0.1, 0.15) is 10.7 Å². The van der Waals surface area contributed by atoms with Gasteiger partial charge in [-0.1, -0.05) is 11.3 Å². The minimum absolute atomic E-state index is 0.0465. The topological polar surface area (TPSA) is 192 Å². The van der Waals surface area contributed by atoms with E-state index in [9.17, 15) is 24.3 Å². The summed E-state index contributed by atoms with van der Waals surface area (Å²) in [5, 5.41) is 23.9. The molecule has 3 rings (SSSR count). The summed E-state index contributed by atoms with van der Waals surface area (Å²) in [4.78, 5) is 50.7. The van der Waals surface area contributed by atoms with Crippen molar-refractivity contribution in [2.75, 3.05) is 11.9 Å². The fourth-order valence-electron chi connectivity index (χ4n) is 2.38. The van der Waals surface area contributed by atoms with Gasteiger partial charge in [-0.3, -0.25) is 24.7 Å². The lowest BCUT2D eigenvalue weighted by molar-refractivity contribution is -0.120. The summed E-state index contributed by atoms with van der Waals surface area (Å²) in [7, 11) is 0. The van der Waals surface area contributed by atoms with Gasteiger partial charge < -0.3 is 14.8 Å². The summed E-state index contributed by atoms with van der Waals surface area (Å²) < 4.78 is 5.23. The van der Waals surface area contributed by atoms with Crippen LogP contribution >= 0.6 is 11.3 Å². The molecule has 0 saturated carbocycles. The molecule has 14 heteroatoms. The normalized spacial score (nSPS) is 10.8. The maximum absolute atomic E-state index is 12.1. The van der Waals surface area contributed by atoms with Gasteiger partial charge in [-0.15, -0.1) is 10.2 Å². The van der Waals surface area contributed by atoms with Crippen LogP contribution in [0, 0.1) is 0 Å². The summed E-state index contributed by atoms with van der Waals surface area (Å²) in [5.74, 6) is -0.944. The highest BCUT2D eigenvalue weighted by molar-refractivity contribution is 7.15. The highest BCUT2D eigenvalue weighted by Gasteiger charge is 2.13. The number of hydrogen-bond acceptors (Lipinski definition) is 10. The van der Waals surface area contributed by atoms with Crippen LogP contribution in [-0.4, -0.2) is 49.9 Å². The quantitative estimate of drug-likeness (QED) is 0.229. The monoisotopic (exact) mass is 459 g/mol. The van der Waals surface area contributed by atoms with Gasteiger partial charge in [-0.25, -0.2) is 10.2 Å². The molecule has 0 unspecified atom stereocenters. The van der Waals surface area contributed by atoms with Crippen LogP contribution in [0.4, 0.5) is 5.13 Å². The van der Waals surface area contributed by atoms with Crippen LogP contribution in [0.2, 0.25) is 0 Å². The van der Waals surface area contributed by atoms with Gasteiger partial charge in [0.05, 0.1) is 19.2 Å². The molecule has 1 aromatic carbocycles. The first-order valence-electron chi connectivity index (χ1n) is 9.09. The van der Waals surface area contributed by atoms with Gasteiger partial charge in [-0.05, 0) is 30.7 Å². The minimum atomic E-state index is -0.821. The lowest BCUT2D eigenvalue weighted by atomic mass is 10.2. The van der Waals surface area contributed by atoms with Gasteiger partial charge in [-0.2, -0.15) is 5.10 Å².